The van der Waals surface area contributed by atoms with Gasteiger partial charge in [0.25, 0.3) is 0 Å². The van der Waals surface area contributed by atoms with Crippen molar-refractivity contribution in [1.82, 2.24) is 10.6 Å². The molecule has 1 atom stereocenters. The van der Waals surface area contributed by atoms with E-state index in [0.29, 0.717) is 0 Å². The number of hydrogen-bond donors (Lipinski definition) is 2. The number of hydrogen-bond acceptors (Lipinski definition) is 4. The molecule has 0 aromatic rings. The smallest absolute Gasteiger partial charge is 0.236 e. The van der Waals surface area contributed by atoms with Crippen LogP contribution in [0.5, 0.6) is 0 Å². The molecule has 0 saturated heterocycles. The first-order valence-corrected chi connectivity index (χ1v) is 4.90. The average Bonchev–Trinajstić information content (AvgIpc) is 2.20. The number of carbonyl (C=O) groups is 2. The fourth-order valence-corrected chi connectivity index (χ4v) is 0.898. The Morgan fingerprint density at radius 2 is 1.61 bits per heavy atom. The van der Waals surface area contributed by atoms with Crippen molar-refractivity contribution in [3.63, 3.8) is 0 Å². The highest BCUT2D eigenvalue weighted by atomic mass is 16.5. The van der Waals surface area contributed by atoms with Gasteiger partial charge in [-0.15, -0.1) is 0 Å². The fraction of sp³-hybridized carbons (Fsp3) is 0.846. The van der Waals surface area contributed by atoms with E-state index in [1.165, 1.54) is 14.0 Å². The Kier molecular flexibility index (Phi) is 35.9. The molecule has 0 heterocycles. The van der Waals surface area contributed by atoms with Crippen molar-refractivity contribution in [1.29, 1.82) is 0 Å². The summed E-state index contributed by atoms with van der Waals surface area (Å²) in [7, 11) is 4.92. The number of amides is 1. The highest BCUT2D eigenvalue weighted by Crippen LogP contribution is 1.87. The number of methoxy groups -OCH3 is 1. The lowest BCUT2D eigenvalue weighted by Gasteiger charge is -2.10. The van der Waals surface area contributed by atoms with Crippen LogP contribution in [0.4, 0.5) is 0 Å². The van der Waals surface area contributed by atoms with Gasteiger partial charge in [0.1, 0.15) is 6.61 Å². The van der Waals surface area contributed by atoms with Crippen LogP contribution in [0.3, 0.4) is 0 Å². The van der Waals surface area contributed by atoms with Gasteiger partial charge in [0.05, 0.1) is 6.04 Å². The molecule has 0 radical (unpaired) electrons. The van der Waals surface area contributed by atoms with Gasteiger partial charge in [0.2, 0.25) is 5.91 Å². The summed E-state index contributed by atoms with van der Waals surface area (Å²) in [6.45, 7) is 3.69. The summed E-state index contributed by atoms with van der Waals surface area (Å²) in [6, 6.07) is -0.0324. The number of carbonyl (C=O) groups excluding carboxylic acids is 2. The normalized spacial score (nSPS) is 9.17. The van der Waals surface area contributed by atoms with Gasteiger partial charge in [0, 0.05) is 14.2 Å². The summed E-state index contributed by atoms with van der Waals surface area (Å²) in [4.78, 5) is 20.7. The third kappa shape index (κ3) is 20.5. The van der Waals surface area contributed by atoms with Crippen LogP contribution in [-0.2, 0) is 14.3 Å². The van der Waals surface area contributed by atoms with Crippen LogP contribution in [0.15, 0.2) is 0 Å². The maximum atomic E-state index is 10.8. The molecule has 5 nitrogen and oxygen atoms in total. The van der Waals surface area contributed by atoms with Crippen molar-refractivity contribution in [2.24, 2.45) is 0 Å². The Labute approximate surface area is 114 Å². The summed E-state index contributed by atoms with van der Waals surface area (Å²) in [5.74, 6) is 0.123. The minimum atomic E-state index is -0.0324. The zero-order chi connectivity index (χ0) is 12.3. The van der Waals surface area contributed by atoms with E-state index in [9.17, 15) is 9.59 Å². The minimum Gasteiger partial charge on any atom is -0.377 e. The van der Waals surface area contributed by atoms with Crippen LogP contribution in [0.1, 0.15) is 42.5 Å². The molecule has 0 saturated carbocycles. The third-order valence-corrected chi connectivity index (χ3v) is 1.67. The summed E-state index contributed by atoms with van der Waals surface area (Å²) >= 11 is 0. The molecule has 18 heavy (non-hydrogen) atoms. The largest absolute Gasteiger partial charge is 0.377 e. The number of rotatable bonds is 5. The van der Waals surface area contributed by atoms with Crippen LogP contribution in [0.2, 0.25) is 0 Å². The predicted octanol–water partition coefficient (Wildman–Crippen LogP) is 1.86. The topological polar surface area (TPSA) is 67.4 Å². The van der Waals surface area contributed by atoms with Crippen molar-refractivity contribution >= 4 is 11.7 Å². The predicted molar refractivity (Wildman–Crippen MR) is 80.0 cm³/mol. The van der Waals surface area contributed by atoms with Gasteiger partial charge in [-0.25, -0.2) is 0 Å². The number of ether oxygens (including phenoxy) is 1. The lowest BCUT2D eigenvalue weighted by Crippen LogP contribution is -2.40. The maximum Gasteiger partial charge on any atom is 0.236 e. The van der Waals surface area contributed by atoms with Crippen LogP contribution in [0, 0.1) is 0 Å². The van der Waals surface area contributed by atoms with E-state index in [-0.39, 0.29) is 46.6 Å². The Morgan fingerprint density at radius 1 is 1.17 bits per heavy atom. The lowest BCUT2D eigenvalue weighted by atomic mass is 10.2. The molecular weight excluding hydrogens is 232 g/mol. The Hall–Kier alpha value is -0.940. The molecule has 114 valence electrons. The zero-order valence-corrected chi connectivity index (χ0v) is 10.2. The number of nitrogens with one attached hydrogen (secondary N) is 2. The molecule has 0 rings (SSSR count). The molecule has 0 fully saturated rings. The van der Waals surface area contributed by atoms with Gasteiger partial charge in [-0.1, -0.05) is 29.2 Å². The average molecular weight is 266 g/mol. The Bertz CT molecular complexity index is 181. The third-order valence-electron chi connectivity index (χ3n) is 1.67. The van der Waals surface area contributed by atoms with E-state index in [4.69, 9.17) is 0 Å². The molecule has 0 aromatic carbocycles. The molecule has 1 amide bonds. The van der Waals surface area contributed by atoms with Gasteiger partial charge in [-0.05, 0) is 20.4 Å². The molecule has 1 unspecified atom stereocenters. The molecule has 5 heteroatoms. The first-order chi connectivity index (χ1) is 7.03. The Balaban J connectivity index is -0.0000000566. The van der Waals surface area contributed by atoms with Gasteiger partial charge in [-0.3, -0.25) is 9.59 Å². The van der Waals surface area contributed by atoms with Crippen LogP contribution in [0.25, 0.3) is 0 Å². The lowest BCUT2D eigenvalue weighted by molar-refractivity contribution is -0.122. The van der Waals surface area contributed by atoms with E-state index in [2.05, 4.69) is 15.4 Å². The Morgan fingerprint density at radius 3 is 1.67 bits per heavy atom. The van der Waals surface area contributed by atoms with E-state index < -0.39 is 0 Å². The molecule has 0 aromatic heterocycles. The fourth-order valence-electron chi connectivity index (χ4n) is 0.898. The minimum absolute atomic E-state index is 0. The first-order valence-electron chi connectivity index (χ1n) is 4.90. The molecular formula is C13H34N2O3. The van der Waals surface area contributed by atoms with E-state index in [1.807, 2.05) is 6.92 Å². The highest BCUT2D eigenvalue weighted by molar-refractivity contribution is 5.81. The van der Waals surface area contributed by atoms with Crippen LogP contribution < -0.4 is 10.6 Å². The van der Waals surface area contributed by atoms with Crippen LogP contribution in [-0.4, -0.2) is 45.5 Å². The molecule has 0 aliphatic heterocycles. The summed E-state index contributed by atoms with van der Waals surface area (Å²) in [5.41, 5.74) is 0. The molecule has 0 aliphatic rings. The molecule has 2 N–H and O–H groups in total. The van der Waals surface area contributed by atoms with Crippen LogP contribution >= 0.6 is 0 Å². The highest BCUT2D eigenvalue weighted by Gasteiger charge is 2.09. The quantitative estimate of drug-likeness (QED) is 0.797. The molecule has 0 bridgehead atoms. The number of ketones is 1. The summed E-state index contributed by atoms with van der Waals surface area (Å²) in [6.07, 6.45) is 0.830. The molecule has 0 spiro atoms. The standard InChI is InChI=1S/C6H14N2O.C4H8O2.3CH4/c1-4-5(7-2)6(9)8-3;1-4(5)3-6-2;;;/h5,7H,4H2,1-3H3,(H,8,9);3H2,1-2H3;3*1H4. The number of likely N-dealkylation sites (N-methyl/N-ethyl adjacent to an activating group) is 2. The first kappa shape index (κ1) is 30.3. The monoisotopic (exact) mass is 266 g/mol. The number of Topliss-reactive ketones (excluding diaryl/α,β-unsaturated/α-hetero) is 1. The zero-order valence-electron chi connectivity index (χ0n) is 10.2. The second kappa shape index (κ2) is 21.4. The van der Waals surface area contributed by atoms with Crippen molar-refractivity contribution in [3.8, 4) is 0 Å². The summed E-state index contributed by atoms with van der Waals surface area (Å²) < 4.78 is 4.45. The summed E-state index contributed by atoms with van der Waals surface area (Å²) in [5, 5.41) is 5.46. The van der Waals surface area contributed by atoms with Crippen molar-refractivity contribution in [2.75, 3.05) is 27.8 Å². The maximum absolute atomic E-state index is 10.8. The second-order valence-corrected chi connectivity index (χ2v) is 3.00. The van der Waals surface area contributed by atoms with Gasteiger partial charge in [-0.2, -0.15) is 0 Å². The van der Waals surface area contributed by atoms with Gasteiger partial charge in [0.15, 0.2) is 5.78 Å². The molecule has 0 aliphatic carbocycles. The van der Waals surface area contributed by atoms with Crippen molar-refractivity contribution in [3.05, 3.63) is 0 Å². The van der Waals surface area contributed by atoms with Crippen molar-refractivity contribution in [2.45, 2.75) is 48.6 Å². The van der Waals surface area contributed by atoms with Gasteiger partial charge >= 0.3 is 0 Å². The van der Waals surface area contributed by atoms with E-state index in [1.54, 1.807) is 14.1 Å². The van der Waals surface area contributed by atoms with Crippen molar-refractivity contribution < 1.29 is 14.3 Å². The van der Waals surface area contributed by atoms with Gasteiger partial charge < -0.3 is 15.4 Å². The van der Waals surface area contributed by atoms with E-state index >= 15 is 0 Å². The SMILES string of the molecule is C.C.C.CCC(NC)C(=O)NC.COCC(C)=O. The van der Waals surface area contributed by atoms with E-state index in [0.717, 1.165) is 6.42 Å². The second-order valence-electron chi connectivity index (χ2n) is 3.00.